The van der Waals surface area contributed by atoms with E-state index in [-0.39, 0.29) is 327 Å². The number of nitro groups is 1. The molecule has 122 heavy (non-hydrogen) atoms. The third kappa shape index (κ3) is 18.7. The number of aromatic amines is 1. The summed E-state index contributed by atoms with van der Waals surface area (Å²) in [4.78, 5) is 13.3. The van der Waals surface area contributed by atoms with Gasteiger partial charge in [0.05, 0.1) is 111 Å². The molecular formula is C104H77BBr7ClFN6O2. The zero-order chi connectivity index (χ0) is 117. The van der Waals surface area contributed by atoms with E-state index in [0.717, 1.165) is 0 Å². The third-order valence-electron chi connectivity index (χ3n) is 17.6. The van der Waals surface area contributed by atoms with Crippen LogP contribution in [0.3, 0.4) is 0 Å². The highest BCUT2D eigenvalue weighted by atomic mass is 79.9. The molecule has 0 aliphatic rings. The Bertz CT molecular complexity index is 9300. The van der Waals surface area contributed by atoms with E-state index >= 15 is 0 Å². The molecule has 5 heterocycles. The van der Waals surface area contributed by atoms with Crippen molar-refractivity contribution in [3.05, 3.63) is 440 Å². The summed E-state index contributed by atoms with van der Waals surface area (Å²) >= 11 is 27.7. The lowest BCUT2D eigenvalue weighted by molar-refractivity contribution is -0.384. The Balaban J connectivity index is 0.000000172. The van der Waals surface area contributed by atoms with Gasteiger partial charge in [-0.05, 0) is 204 Å². The fourth-order valence-corrected chi connectivity index (χ4v) is 14.7. The molecular weight excluding hydrogens is 1990 g/mol. The largest absolute Gasteiger partial charge is 0.354 e. The summed E-state index contributed by atoms with van der Waals surface area (Å²) < 4.78 is 344. The quantitative estimate of drug-likeness (QED) is 0.0980. The third-order valence-corrected chi connectivity index (χ3v) is 20.6. The molecule has 18 heteroatoms. The Morgan fingerprint density at radius 2 is 0.590 bits per heavy atom. The van der Waals surface area contributed by atoms with E-state index in [9.17, 15) is 10.1 Å². The molecule has 17 aromatic carbocycles. The fraction of sp³-hybridized carbons (Fsp3) is 0.0192. The molecule has 0 aliphatic carbocycles. The van der Waals surface area contributed by atoms with Crippen molar-refractivity contribution in [1.29, 1.82) is 0 Å². The lowest BCUT2D eigenvalue weighted by Crippen LogP contribution is -1.92. The van der Waals surface area contributed by atoms with Crippen LogP contribution in [0.5, 0.6) is 0 Å². The molecule has 0 spiro atoms. The van der Waals surface area contributed by atoms with Crippen LogP contribution in [0.1, 0.15) is 72.5 Å². The standard InChI is InChI=1S/C24H16ClN.C18H11Br2N.C18H12BrN.C18H13N.C12H7Br2NO2.C12H7Br2N.2CH4.B.FH.H2/c25-19-13-10-17(11-14-19)18-12-15-24-22(16-18)21-8-4-5-9-23(21)26(24)20-6-2-1-3-7-20;19-12-6-8-15-16-9-7-13(20)11-18(16)21(17(15)10-12)14-4-2-1-3-5-14;19-13-10-11-18-16(12-13)15-8-4-5-9-17(15)20(18)14-6-2-1-3-7-14;1-2-8-14(9-3-1)19-17-12-6-4-10-15(17)16-11-5-7-13-18(16)19;13-9-3-1-8(2-4-9)11-6-5-10(14)7-12(11)15(16)17;13-7-1-3-9-10-4-2-8(14)6-12(10)15-11(9)5-7;;;;;/h1-16H;1-11H;1-12H;1-13H;1-7H;1-6,15H;2*1H4;;2*1H/i4D,5D,8D,9D,12D,15D,16D;6D,7D,8D,9D,10D,11D;4D,5D,8D,9D,10D,11D,12D;4D,5D,6D,7D,10D,11D,12D,13D;1D,2D,3D,4D,5D,6D,7D;1D,2D,3D,4D,5D,6D;;;;;1+1. The minimum atomic E-state index is -0.936. The highest BCUT2D eigenvalue weighted by Gasteiger charge is 2.19. The van der Waals surface area contributed by atoms with Crippen molar-refractivity contribution < 1.29 is 67.3 Å². The van der Waals surface area contributed by atoms with Crippen molar-refractivity contribution in [2.45, 2.75) is 14.9 Å². The molecule has 0 amide bonds. The van der Waals surface area contributed by atoms with Gasteiger partial charge in [0.1, 0.15) is 0 Å². The van der Waals surface area contributed by atoms with E-state index in [1.165, 1.54) is 4.57 Å². The Hall–Kier alpha value is -11.2. The van der Waals surface area contributed by atoms with E-state index in [2.05, 4.69) is 116 Å². The van der Waals surface area contributed by atoms with Gasteiger partial charge in [-0.3, -0.25) is 14.8 Å². The van der Waals surface area contributed by atoms with Gasteiger partial charge in [-0.1, -0.05) is 338 Å². The number of fused-ring (bicyclic) bond motifs is 15. The maximum Gasteiger partial charge on any atom is 0.278 e. The second-order valence-corrected chi connectivity index (χ2v) is 30.6. The van der Waals surface area contributed by atoms with Gasteiger partial charge in [0, 0.05) is 140 Å². The van der Waals surface area contributed by atoms with Crippen LogP contribution >= 0.6 is 123 Å². The van der Waals surface area contributed by atoms with Crippen LogP contribution in [-0.2, 0) is 0 Å². The van der Waals surface area contributed by atoms with Crippen molar-refractivity contribution >= 4 is 246 Å². The van der Waals surface area contributed by atoms with Crippen LogP contribution < -0.4 is 0 Å². The summed E-state index contributed by atoms with van der Waals surface area (Å²) in [6, 6.07) is 30.9. The summed E-state index contributed by atoms with van der Waals surface area (Å²) in [5.41, 5.74) is 3.54. The normalized spacial score (nSPS) is 15.5. The molecule has 0 saturated heterocycles. The monoisotopic (exact) mass is 2100 g/mol. The summed E-state index contributed by atoms with van der Waals surface area (Å²) in [7, 11) is 0. The number of benzene rings is 17. The predicted molar refractivity (Wildman–Crippen MR) is 546 cm³/mol. The minimum absolute atomic E-state index is 0. The minimum Gasteiger partial charge on any atom is -0.354 e. The number of aromatic nitrogens is 5. The van der Waals surface area contributed by atoms with Gasteiger partial charge >= 0.3 is 0 Å². The first-order valence-electron chi connectivity index (χ1n) is 55.0. The maximum atomic E-state index is 11.4. The summed E-state index contributed by atoms with van der Waals surface area (Å²) in [6.45, 7) is 0. The predicted octanol–water partition coefficient (Wildman–Crippen LogP) is 34.7. The summed E-state index contributed by atoms with van der Waals surface area (Å²) in [6.07, 6.45) is 0. The Kier molecular flexibility index (Phi) is 16.2. The Morgan fingerprint density at radius 3 is 1.00 bits per heavy atom. The van der Waals surface area contributed by atoms with Gasteiger partial charge in [-0.25, -0.2) is 0 Å². The van der Waals surface area contributed by atoms with Crippen LogP contribution in [0.2, 0.25) is 5.02 Å². The molecule has 8 nitrogen and oxygen atoms in total. The molecule has 0 atom stereocenters. The van der Waals surface area contributed by atoms with Gasteiger partial charge in [0.25, 0.3) is 5.69 Å². The number of H-pyrrole nitrogens is 1. The number of hydrogen-bond acceptors (Lipinski definition) is 2. The van der Waals surface area contributed by atoms with Gasteiger partial charge in [-0.15, -0.1) is 0 Å². The molecule has 5 aromatic heterocycles. The molecule has 0 saturated carbocycles. The molecule has 0 unspecified atom stereocenters. The number of nitrogens with zero attached hydrogens (tertiary/aromatic N) is 5. The topological polar surface area (TPSA) is 78.7 Å². The van der Waals surface area contributed by atoms with Gasteiger partial charge in [0.2, 0.25) is 0 Å². The van der Waals surface area contributed by atoms with E-state index in [4.69, 9.17) is 67.8 Å². The number of nitrogens with one attached hydrogen (secondary N) is 1. The average Bonchev–Trinajstić information content (AvgIpc) is 1.54. The molecule has 22 rings (SSSR count). The van der Waals surface area contributed by atoms with Crippen molar-refractivity contribution in [3.63, 3.8) is 0 Å². The van der Waals surface area contributed by atoms with E-state index < -0.39 is 106 Å². The van der Waals surface area contributed by atoms with E-state index in [0.29, 0.717) is 44.4 Å². The fourth-order valence-electron chi connectivity index (χ4n) is 12.7. The number of nitro benzene ring substituents is 1. The maximum absolute atomic E-state index is 11.4. The molecule has 1 N–H and O–H groups in total. The van der Waals surface area contributed by atoms with Crippen molar-refractivity contribution in [2.24, 2.45) is 0 Å². The van der Waals surface area contributed by atoms with Crippen LogP contribution in [0.4, 0.5) is 10.4 Å². The highest BCUT2D eigenvalue weighted by molar-refractivity contribution is 9.11. The summed E-state index contributed by atoms with van der Waals surface area (Å²) in [5.74, 6) is 0. The van der Waals surface area contributed by atoms with Crippen LogP contribution in [-0.4, -0.2) is 36.6 Å². The zero-order valence-corrected chi connectivity index (χ0v) is 72.3. The van der Waals surface area contributed by atoms with Gasteiger partial charge in [0.15, 0.2) is 0 Å². The van der Waals surface area contributed by atoms with Gasteiger partial charge in [-0.2, -0.15) is 0 Å². The van der Waals surface area contributed by atoms with Gasteiger partial charge < -0.3 is 23.3 Å². The Morgan fingerprint density at radius 1 is 0.295 bits per heavy atom. The smallest absolute Gasteiger partial charge is 0.278 e. The molecule has 601 valence electrons. The van der Waals surface area contributed by atoms with Crippen molar-refractivity contribution in [1.82, 2.24) is 23.3 Å². The van der Waals surface area contributed by atoms with Crippen LogP contribution in [0.15, 0.2) is 425 Å². The average molecular weight is 2110 g/mol. The zero-order valence-electron chi connectivity index (χ0n) is 101. The molecule has 0 bridgehead atoms. The molecule has 22 aromatic rings. The Labute approximate surface area is 831 Å². The highest BCUT2D eigenvalue weighted by Crippen LogP contribution is 2.41. The first kappa shape index (κ1) is 49.8. The van der Waals surface area contributed by atoms with Crippen molar-refractivity contribution in [2.75, 3.05) is 0 Å². The SMILES string of the molecule is C.C.F.[2HH].[2H]c1c(Br)c([2H])c2[nH]c3c([2H])c(Br)c([2H])c([2H])c3c2c1[2H].[2H]c1c(Br)c([2H])c2c(c1[2H])c1c([2H])c([2H])c(Br)c([2H])c1n2-c1ccccc1.[2H]c1c([2H])c(-c2c([2H])c([2H])c(Br)c([2H])c2[N+](=O)[O-])c([2H])c([2H])c1Br.[2H]c1c([2H])c([2H])c2c(c1[2H])c1c([2H])c(-c3ccc(Cl)cc3)c([2H])c([2H])c1n2-c1ccccc1.[2H]c1c([2H])c([2H])c2c(c1[2H])c1c([2H])c(Br)c([2H])c([2H])c1n2-c1ccccc1.[2H]c1c([2H])c([2H])c2c(c1[2H])c1c([2H])c([2H])c([2H])c([2H])c1n2-c1ccccc1.[B]. The van der Waals surface area contributed by atoms with Crippen LogP contribution in [0.25, 0.3) is 154 Å². The lowest BCUT2D eigenvalue weighted by atomic mass is 10.0. The molecule has 0 fully saturated rings. The first-order valence-corrected chi connectivity index (χ1v) is 40.4. The number of para-hydroxylation sites is 8. The van der Waals surface area contributed by atoms with E-state index in [1.807, 2.05) is 42.5 Å². The second-order valence-electron chi connectivity index (χ2n) is 24.7. The second kappa shape index (κ2) is 39.8. The van der Waals surface area contributed by atoms with E-state index in [1.54, 1.807) is 117 Å². The molecule has 0 aliphatic heterocycles. The van der Waals surface area contributed by atoms with Crippen molar-refractivity contribution in [3.8, 4) is 45.0 Å². The lowest BCUT2D eigenvalue weighted by Gasteiger charge is -2.08. The number of hydrogen-bond donors (Lipinski definition) is 1. The van der Waals surface area contributed by atoms with Crippen LogP contribution in [0, 0.1) is 10.1 Å². The molecule has 3 radical (unpaired) electrons. The number of halogens is 9. The first-order chi connectivity index (χ1) is 74.8. The number of rotatable bonds is 7. The summed E-state index contributed by atoms with van der Waals surface area (Å²) in [5, 5.41) is 13.8.